The summed E-state index contributed by atoms with van der Waals surface area (Å²) in [6.45, 7) is 2.01. The summed E-state index contributed by atoms with van der Waals surface area (Å²) in [4.78, 5) is 14.3. The number of hydrogen-bond donors (Lipinski definition) is 2. The number of rotatable bonds is 4. The number of allylic oxidation sites excluding steroid dienone is 1. The second-order valence-electron chi connectivity index (χ2n) is 7.36. The van der Waals surface area contributed by atoms with E-state index in [0.717, 1.165) is 32.7 Å². The van der Waals surface area contributed by atoms with Gasteiger partial charge in [0.05, 0.1) is 6.42 Å². The van der Waals surface area contributed by atoms with Crippen LogP contribution in [0.2, 0.25) is 0 Å². The third-order valence-corrected chi connectivity index (χ3v) is 6.38. The maximum Gasteiger partial charge on any atom is 0.173 e. The smallest absolute Gasteiger partial charge is 0.173 e. The van der Waals surface area contributed by atoms with E-state index < -0.39 is 12.2 Å². The summed E-state index contributed by atoms with van der Waals surface area (Å²) in [6, 6.07) is 16.2. The number of carbonyl (C=O) groups is 1. The Bertz CT molecular complexity index is 1100. The van der Waals surface area contributed by atoms with Gasteiger partial charge in [-0.05, 0) is 53.4 Å². The zero-order chi connectivity index (χ0) is 21.3. The Morgan fingerprint density at radius 1 is 1.17 bits per heavy atom. The number of carbonyl (C=O) groups excluding carboxylic acids is 1. The highest BCUT2D eigenvalue weighted by Gasteiger charge is 2.35. The molecule has 2 N–H and O–H groups in total. The van der Waals surface area contributed by atoms with Crippen LogP contribution in [0.4, 0.5) is 4.39 Å². The molecule has 2 heterocycles. The van der Waals surface area contributed by atoms with Crippen LogP contribution in [0.25, 0.3) is 10.4 Å². The molecule has 6 heteroatoms. The number of ether oxygens (including phenoxy) is 1. The summed E-state index contributed by atoms with van der Waals surface area (Å²) in [7, 11) is 0. The predicted molar refractivity (Wildman–Crippen MR) is 114 cm³/mol. The highest BCUT2D eigenvalue weighted by Crippen LogP contribution is 2.34. The van der Waals surface area contributed by atoms with Crippen molar-refractivity contribution >= 4 is 17.1 Å². The van der Waals surface area contributed by atoms with Gasteiger partial charge in [0.2, 0.25) is 0 Å². The normalized spacial score (nSPS) is 20.4. The monoisotopic (exact) mass is 424 g/mol. The Morgan fingerprint density at radius 3 is 2.67 bits per heavy atom. The van der Waals surface area contributed by atoms with Gasteiger partial charge in [-0.2, -0.15) is 0 Å². The van der Waals surface area contributed by atoms with Crippen LogP contribution in [-0.4, -0.2) is 22.1 Å². The van der Waals surface area contributed by atoms with Gasteiger partial charge in [0, 0.05) is 16.2 Å². The Labute approximate surface area is 177 Å². The molecular formula is C24H21FO4S. The van der Waals surface area contributed by atoms with Crippen LogP contribution in [-0.2, 0) is 16.0 Å². The highest BCUT2D eigenvalue weighted by atomic mass is 32.1. The second-order valence-corrected chi connectivity index (χ2v) is 8.53. The molecule has 154 valence electrons. The molecule has 0 radical (unpaired) electrons. The molecule has 3 aromatic rings. The van der Waals surface area contributed by atoms with E-state index >= 15 is 0 Å². The lowest BCUT2D eigenvalue weighted by Crippen LogP contribution is -2.34. The van der Waals surface area contributed by atoms with Gasteiger partial charge in [-0.3, -0.25) is 4.79 Å². The predicted octanol–water partition coefficient (Wildman–Crippen LogP) is 5.24. The van der Waals surface area contributed by atoms with E-state index in [-0.39, 0.29) is 23.8 Å². The summed E-state index contributed by atoms with van der Waals surface area (Å²) < 4.78 is 18.8. The quantitative estimate of drug-likeness (QED) is 0.562. The molecule has 30 heavy (non-hydrogen) atoms. The van der Waals surface area contributed by atoms with Crippen LogP contribution in [0.5, 0.6) is 0 Å². The number of hydrogen-bond acceptors (Lipinski definition) is 5. The van der Waals surface area contributed by atoms with Crippen molar-refractivity contribution in [2.75, 3.05) is 0 Å². The Balaban J connectivity index is 1.58. The average molecular weight is 424 g/mol. The van der Waals surface area contributed by atoms with E-state index in [1.807, 2.05) is 31.2 Å². The lowest BCUT2D eigenvalue weighted by molar-refractivity contribution is -0.140. The van der Waals surface area contributed by atoms with E-state index in [9.17, 15) is 19.4 Å². The Hall–Kier alpha value is -2.96. The number of Topliss-reactive ketones (excluding diaryl/α,β-unsaturated/α-hetero) is 1. The van der Waals surface area contributed by atoms with Crippen molar-refractivity contribution in [3.8, 4) is 10.4 Å². The van der Waals surface area contributed by atoms with Crippen LogP contribution < -0.4 is 0 Å². The van der Waals surface area contributed by atoms with Gasteiger partial charge >= 0.3 is 0 Å². The zero-order valence-corrected chi connectivity index (χ0v) is 17.2. The number of benzene rings is 2. The zero-order valence-electron chi connectivity index (χ0n) is 16.3. The maximum absolute atomic E-state index is 13.2. The van der Waals surface area contributed by atoms with E-state index in [0.29, 0.717) is 12.0 Å². The molecular weight excluding hydrogens is 403 g/mol. The van der Waals surface area contributed by atoms with Crippen molar-refractivity contribution in [1.29, 1.82) is 0 Å². The molecule has 4 rings (SSSR count). The van der Waals surface area contributed by atoms with E-state index in [2.05, 4.69) is 6.07 Å². The van der Waals surface area contributed by atoms with Crippen LogP contribution in [0.3, 0.4) is 0 Å². The van der Waals surface area contributed by atoms with Crippen molar-refractivity contribution in [1.82, 2.24) is 0 Å². The Morgan fingerprint density at radius 2 is 1.93 bits per heavy atom. The van der Waals surface area contributed by atoms with E-state index in [4.69, 9.17) is 4.74 Å². The van der Waals surface area contributed by atoms with Gasteiger partial charge in [-0.1, -0.05) is 30.3 Å². The fourth-order valence-corrected chi connectivity index (χ4v) is 4.57. The van der Waals surface area contributed by atoms with Gasteiger partial charge in [-0.15, -0.1) is 11.3 Å². The number of ketones is 1. The molecule has 1 aromatic heterocycles. The number of aryl methyl sites for hydroxylation is 1. The molecule has 0 amide bonds. The van der Waals surface area contributed by atoms with Crippen LogP contribution in [0.15, 0.2) is 66.6 Å². The molecule has 2 atom stereocenters. The summed E-state index contributed by atoms with van der Waals surface area (Å²) >= 11 is 1.64. The summed E-state index contributed by atoms with van der Waals surface area (Å²) in [5.41, 5.74) is 3.80. The molecule has 2 aromatic carbocycles. The van der Waals surface area contributed by atoms with Gasteiger partial charge in [0.25, 0.3) is 0 Å². The summed E-state index contributed by atoms with van der Waals surface area (Å²) in [5.74, 6) is -0.483. The lowest BCUT2D eigenvalue weighted by Gasteiger charge is -2.29. The molecule has 1 aliphatic rings. The summed E-state index contributed by atoms with van der Waals surface area (Å²) in [5, 5.41) is 19.5. The fraction of sp³-hybridized carbons (Fsp3) is 0.208. The molecule has 0 spiro atoms. The first-order valence-corrected chi connectivity index (χ1v) is 10.4. The van der Waals surface area contributed by atoms with Crippen molar-refractivity contribution < 1.29 is 24.1 Å². The molecule has 1 aliphatic heterocycles. The first-order valence-electron chi connectivity index (χ1n) is 9.59. The minimum absolute atomic E-state index is 0.117. The van der Waals surface area contributed by atoms with Crippen molar-refractivity contribution in [2.45, 2.75) is 32.0 Å². The van der Waals surface area contributed by atoms with E-state index in [1.165, 1.54) is 12.1 Å². The third kappa shape index (κ3) is 4.15. The molecule has 0 saturated carbocycles. The van der Waals surface area contributed by atoms with Gasteiger partial charge < -0.3 is 14.9 Å². The number of aliphatic hydroxyl groups excluding tert-OH is 2. The van der Waals surface area contributed by atoms with Crippen LogP contribution in [0.1, 0.15) is 34.1 Å². The summed E-state index contributed by atoms with van der Waals surface area (Å²) in [6.07, 6.45) is -0.772. The van der Waals surface area contributed by atoms with Gasteiger partial charge in [0.15, 0.2) is 18.0 Å². The topological polar surface area (TPSA) is 66.8 Å². The minimum Gasteiger partial charge on any atom is -0.512 e. The first-order chi connectivity index (χ1) is 14.4. The highest BCUT2D eigenvalue weighted by molar-refractivity contribution is 7.15. The fourth-order valence-electron chi connectivity index (χ4n) is 3.53. The minimum atomic E-state index is -1.27. The molecule has 1 unspecified atom stereocenters. The van der Waals surface area contributed by atoms with Crippen LogP contribution >= 0.6 is 11.3 Å². The van der Waals surface area contributed by atoms with Crippen molar-refractivity contribution in [3.05, 3.63) is 94.0 Å². The number of aliphatic hydroxyl groups is 2. The first kappa shape index (κ1) is 20.3. The number of halogens is 1. The molecule has 0 aliphatic carbocycles. The lowest BCUT2D eigenvalue weighted by atomic mass is 9.93. The second kappa shape index (κ2) is 8.42. The molecule has 1 fully saturated rings. The van der Waals surface area contributed by atoms with E-state index in [1.54, 1.807) is 23.5 Å². The van der Waals surface area contributed by atoms with Crippen molar-refractivity contribution in [3.63, 3.8) is 0 Å². The SMILES string of the molecule is Cc1ccc(C2O/C(=C\O)CC(=O)[C@H]2O)cc1Cc1ccc(-c2ccc(F)cc2)s1. The molecule has 1 saturated heterocycles. The molecule has 4 nitrogen and oxygen atoms in total. The molecule has 0 bridgehead atoms. The third-order valence-electron chi connectivity index (χ3n) is 5.24. The Kier molecular flexibility index (Phi) is 5.70. The van der Waals surface area contributed by atoms with Crippen LogP contribution in [0, 0.1) is 12.7 Å². The largest absolute Gasteiger partial charge is 0.512 e. The maximum atomic E-state index is 13.2. The van der Waals surface area contributed by atoms with Gasteiger partial charge in [-0.25, -0.2) is 4.39 Å². The van der Waals surface area contributed by atoms with Gasteiger partial charge in [0.1, 0.15) is 17.8 Å². The average Bonchev–Trinajstić information content (AvgIpc) is 3.20. The van der Waals surface area contributed by atoms with Crippen molar-refractivity contribution in [2.24, 2.45) is 0 Å². The standard InChI is InChI=1S/C24H21FO4S/c1-14-2-3-16(24-23(28)21(27)12-19(13-26)29-24)10-17(14)11-20-8-9-22(30-20)15-4-6-18(25)7-5-15/h2-10,13,23-24,26,28H,11-12H2,1H3/b19-13-/t23-,24?/m1/s1. The number of thiophene rings is 1.